The Kier molecular flexibility index (Phi) is 5.14. The van der Waals surface area contributed by atoms with Gasteiger partial charge in [0.15, 0.2) is 3.92 Å². The van der Waals surface area contributed by atoms with Crippen LogP contribution in [-0.4, -0.2) is 35.5 Å². The van der Waals surface area contributed by atoms with Gasteiger partial charge in [-0.2, -0.15) is 0 Å². The lowest BCUT2D eigenvalue weighted by molar-refractivity contribution is -0.0230. The number of nitrogens with zero attached hydrogens (tertiary/aromatic N) is 2. The van der Waals surface area contributed by atoms with E-state index in [4.69, 9.17) is 4.74 Å². The number of benzene rings is 1. The van der Waals surface area contributed by atoms with Crippen LogP contribution in [0.15, 0.2) is 34.2 Å². The normalized spacial score (nSPS) is 18.4. The number of carbonyl (C=O) groups excluding carboxylic acids is 1. The van der Waals surface area contributed by atoms with Crippen LogP contribution >= 0.6 is 27.3 Å². The van der Waals surface area contributed by atoms with E-state index in [1.165, 1.54) is 11.3 Å². The second-order valence-corrected chi connectivity index (χ2v) is 8.16. The zero-order chi connectivity index (χ0) is 16.4. The van der Waals surface area contributed by atoms with Crippen molar-refractivity contribution in [3.05, 3.63) is 50.4 Å². The Morgan fingerprint density at radius 3 is 2.83 bits per heavy atom. The molecule has 1 aromatic heterocycles. The molecule has 2 heterocycles. The molecular weight excluding hydrogens is 376 g/mol. The number of morpholine rings is 1. The summed E-state index contributed by atoms with van der Waals surface area (Å²) in [6.07, 6.45) is -0.0709. The molecule has 1 fully saturated rings. The minimum absolute atomic E-state index is 0.000110. The van der Waals surface area contributed by atoms with Crippen LogP contribution in [0.5, 0.6) is 0 Å². The molecule has 0 N–H and O–H groups in total. The number of amides is 1. The Morgan fingerprint density at radius 2 is 2.13 bits per heavy atom. The van der Waals surface area contributed by atoms with Crippen LogP contribution in [0.25, 0.3) is 0 Å². The van der Waals surface area contributed by atoms with E-state index in [1.807, 2.05) is 35.2 Å². The molecule has 0 bridgehead atoms. The molecular formula is C17H19BrN2O2S. The molecule has 1 saturated heterocycles. The van der Waals surface area contributed by atoms with Crippen LogP contribution in [0.3, 0.4) is 0 Å². The first kappa shape index (κ1) is 16.6. The van der Waals surface area contributed by atoms with Gasteiger partial charge in [-0.05, 0) is 27.4 Å². The van der Waals surface area contributed by atoms with Gasteiger partial charge in [0.05, 0.1) is 13.2 Å². The Bertz CT molecular complexity index is 687. The maximum Gasteiger partial charge on any atom is 0.273 e. The lowest BCUT2D eigenvalue weighted by Gasteiger charge is -2.33. The molecule has 4 nitrogen and oxygen atoms in total. The zero-order valence-electron chi connectivity index (χ0n) is 13.2. The van der Waals surface area contributed by atoms with Crippen molar-refractivity contribution in [1.82, 2.24) is 9.88 Å². The maximum absolute atomic E-state index is 12.9. The van der Waals surface area contributed by atoms with E-state index in [0.717, 1.165) is 14.4 Å². The number of aromatic nitrogens is 1. The van der Waals surface area contributed by atoms with Crippen molar-refractivity contribution in [3.8, 4) is 0 Å². The summed E-state index contributed by atoms with van der Waals surface area (Å²) in [6.45, 7) is 5.89. The van der Waals surface area contributed by atoms with Gasteiger partial charge in [0.25, 0.3) is 5.91 Å². The first-order chi connectivity index (χ1) is 11.1. The summed E-state index contributed by atoms with van der Waals surface area (Å²) in [6, 6.07) is 10.0. The van der Waals surface area contributed by atoms with Crippen LogP contribution in [0.2, 0.25) is 0 Å². The number of ether oxygens (including phenoxy) is 1. The minimum atomic E-state index is -0.0709. The van der Waals surface area contributed by atoms with Crippen LogP contribution in [0.1, 0.15) is 46.8 Å². The first-order valence-corrected chi connectivity index (χ1v) is 9.29. The van der Waals surface area contributed by atoms with Gasteiger partial charge in [0.1, 0.15) is 11.8 Å². The molecule has 0 radical (unpaired) electrons. The lowest BCUT2D eigenvalue weighted by atomic mass is 10.1. The monoisotopic (exact) mass is 394 g/mol. The molecule has 0 spiro atoms. The fourth-order valence-electron chi connectivity index (χ4n) is 2.70. The lowest BCUT2D eigenvalue weighted by Crippen LogP contribution is -2.42. The van der Waals surface area contributed by atoms with E-state index in [-0.39, 0.29) is 17.9 Å². The maximum atomic E-state index is 12.9. The minimum Gasteiger partial charge on any atom is -0.370 e. The zero-order valence-corrected chi connectivity index (χ0v) is 15.6. The summed E-state index contributed by atoms with van der Waals surface area (Å²) >= 11 is 4.94. The third kappa shape index (κ3) is 3.65. The first-order valence-electron chi connectivity index (χ1n) is 7.68. The molecule has 0 unspecified atom stereocenters. The topological polar surface area (TPSA) is 42.4 Å². The molecule has 1 atom stereocenters. The van der Waals surface area contributed by atoms with E-state index < -0.39 is 0 Å². The van der Waals surface area contributed by atoms with Crippen molar-refractivity contribution >= 4 is 33.2 Å². The van der Waals surface area contributed by atoms with Crippen LogP contribution < -0.4 is 0 Å². The second kappa shape index (κ2) is 7.11. The Balaban J connectivity index is 1.80. The standard InChI is InChI=1S/C17H19BrN2O2S/c1-11(2)15-14(19-17(18)23-15)16(21)20-8-9-22-13(10-20)12-6-4-3-5-7-12/h3-7,11,13H,8-10H2,1-2H3/t13-/m1/s1. The smallest absolute Gasteiger partial charge is 0.273 e. The van der Waals surface area contributed by atoms with E-state index in [2.05, 4.69) is 34.8 Å². The molecule has 1 amide bonds. The fourth-order valence-corrected chi connectivity index (χ4v) is 4.19. The third-order valence-corrected chi connectivity index (χ3v) is 5.69. The van der Waals surface area contributed by atoms with Crippen molar-refractivity contribution in [1.29, 1.82) is 0 Å². The van der Waals surface area contributed by atoms with Gasteiger partial charge in [-0.15, -0.1) is 11.3 Å². The Hall–Kier alpha value is -1.24. The molecule has 3 rings (SSSR count). The molecule has 2 aromatic rings. The summed E-state index contributed by atoms with van der Waals surface area (Å²) in [5.74, 6) is 0.281. The third-order valence-electron chi connectivity index (χ3n) is 3.88. The summed E-state index contributed by atoms with van der Waals surface area (Å²) in [5, 5.41) is 0. The Morgan fingerprint density at radius 1 is 1.39 bits per heavy atom. The highest BCUT2D eigenvalue weighted by molar-refractivity contribution is 9.11. The van der Waals surface area contributed by atoms with Crippen LogP contribution in [-0.2, 0) is 4.74 Å². The quantitative estimate of drug-likeness (QED) is 0.781. The van der Waals surface area contributed by atoms with Gasteiger partial charge in [-0.1, -0.05) is 44.2 Å². The predicted molar refractivity (Wildman–Crippen MR) is 94.9 cm³/mol. The van der Waals surface area contributed by atoms with Gasteiger partial charge in [0, 0.05) is 11.4 Å². The van der Waals surface area contributed by atoms with Gasteiger partial charge in [-0.25, -0.2) is 4.98 Å². The fraction of sp³-hybridized carbons (Fsp3) is 0.412. The average molecular weight is 395 g/mol. The predicted octanol–water partition coefficient (Wildman–Crippen LogP) is 4.24. The van der Waals surface area contributed by atoms with Crippen molar-refractivity contribution in [2.45, 2.75) is 25.9 Å². The molecule has 122 valence electrons. The molecule has 1 aliphatic heterocycles. The number of halogens is 1. The van der Waals surface area contributed by atoms with Crippen LogP contribution in [0, 0.1) is 0 Å². The van der Waals surface area contributed by atoms with Crippen LogP contribution in [0.4, 0.5) is 0 Å². The summed E-state index contributed by atoms with van der Waals surface area (Å²) in [7, 11) is 0. The molecule has 6 heteroatoms. The van der Waals surface area contributed by atoms with E-state index in [0.29, 0.717) is 25.4 Å². The number of carbonyl (C=O) groups is 1. The van der Waals surface area contributed by atoms with Crippen molar-refractivity contribution in [2.75, 3.05) is 19.7 Å². The van der Waals surface area contributed by atoms with E-state index in [9.17, 15) is 4.79 Å². The Labute approximate surface area is 148 Å². The number of hydrogen-bond donors (Lipinski definition) is 0. The summed E-state index contributed by atoms with van der Waals surface area (Å²) < 4.78 is 6.60. The second-order valence-electron chi connectivity index (χ2n) is 5.86. The largest absolute Gasteiger partial charge is 0.370 e. The van der Waals surface area contributed by atoms with Gasteiger partial charge >= 0.3 is 0 Å². The molecule has 1 aliphatic rings. The van der Waals surface area contributed by atoms with E-state index >= 15 is 0 Å². The average Bonchev–Trinajstić information content (AvgIpc) is 2.97. The van der Waals surface area contributed by atoms with Crippen molar-refractivity contribution < 1.29 is 9.53 Å². The molecule has 0 aliphatic carbocycles. The number of rotatable bonds is 3. The van der Waals surface area contributed by atoms with Crippen molar-refractivity contribution in [2.24, 2.45) is 0 Å². The summed E-state index contributed by atoms with van der Waals surface area (Å²) in [5.41, 5.74) is 1.68. The molecule has 1 aromatic carbocycles. The van der Waals surface area contributed by atoms with Crippen molar-refractivity contribution in [3.63, 3.8) is 0 Å². The van der Waals surface area contributed by atoms with Gasteiger partial charge < -0.3 is 9.64 Å². The number of thiazole rings is 1. The highest BCUT2D eigenvalue weighted by atomic mass is 79.9. The molecule has 23 heavy (non-hydrogen) atoms. The summed E-state index contributed by atoms with van der Waals surface area (Å²) in [4.78, 5) is 20.2. The highest BCUT2D eigenvalue weighted by Gasteiger charge is 2.29. The van der Waals surface area contributed by atoms with Gasteiger partial charge in [0.2, 0.25) is 0 Å². The van der Waals surface area contributed by atoms with Gasteiger partial charge in [-0.3, -0.25) is 4.79 Å². The highest BCUT2D eigenvalue weighted by Crippen LogP contribution is 2.31. The number of hydrogen-bond acceptors (Lipinski definition) is 4. The SMILES string of the molecule is CC(C)c1sc(Br)nc1C(=O)N1CCO[C@@H](c2ccccc2)C1. The molecule has 0 saturated carbocycles. The van der Waals surface area contributed by atoms with E-state index in [1.54, 1.807) is 0 Å².